The van der Waals surface area contributed by atoms with Crippen LogP contribution >= 0.6 is 0 Å². The first-order valence-electron chi connectivity index (χ1n) is 7.58. The van der Waals surface area contributed by atoms with Crippen LogP contribution in [0.4, 0.5) is 5.69 Å². The highest BCUT2D eigenvalue weighted by molar-refractivity contribution is 5.94. The van der Waals surface area contributed by atoms with Gasteiger partial charge in [-0.25, -0.2) is 0 Å². The fourth-order valence-electron chi connectivity index (χ4n) is 3.05. The molecule has 6 heteroatoms. The minimum absolute atomic E-state index is 0.0157. The molecule has 2 unspecified atom stereocenters. The number of hydrogen-bond acceptors (Lipinski definition) is 4. The Morgan fingerprint density at radius 2 is 2.09 bits per heavy atom. The molecule has 0 heterocycles. The average molecular weight is 306 g/mol. The van der Waals surface area contributed by atoms with Crippen LogP contribution in [0.2, 0.25) is 0 Å². The van der Waals surface area contributed by atoms with Gasteiger partial charge in [0.2, 0.25) is 0 Å². The normalized spacial score (nSPS) is 21.4. The van der Waals surface area contributed by atoms with Crippen molar-refractivity contribution in [3.05, 3.63) is 39.4 Å². The molecule has 1 aliphatic rings. The Kier molecular flexibility index (Phi) is 5.13. The molecule has 1 aromatic carbocycles. The predicted molar refractivity (Wildman–Crippen MR) is 82.8 cm³/mol. The zero-order valence-corrected chi connectivity index (χ0v) is 13.0. The maximum Gasteiger partial charge on any atom is 0.272 e. The number of hydrogen-bond donors (Lipinski definition) is 1. The van der Waals surface area contributed by atoms with Crippen LogP contribution in [0.15, 0.2) is 18.2 Å². The first-order chi connectivity index (χ1) is 10.4. The van der Waals surface area contributed by atoms with E-state index >= 15 is 0 Å². The van der Waals surface area contributed by atoms with Crippen molar-refractivity contribution in [2.24, 2.45) is 5.92 Å². The van der Waals surface area contributed by atoms with Gasteiger partial charge in [0.05, 0.1) is 11.0 Å². The molecule has 1 saturated carbocycles. The summed E-state index contributed by atoms with van der Waals surface area (Å²) in [7, 11) is 1.71. The third-order valence-corrected chi connectivity index (χ3v) is 4.36. The van der Waals surface area contributed by atoms with Crippen molar-refractivity contribution < 1.29 is 14.8 Å². The summed E-state index contributed by atoms with van der Waals surface area (Å²) < 4.78 is 0. The summed E-state index contributed by atoms with van der Waals surface area (Å²) in [5.74, 6) is -0.0578. The zero-order chi connectivity index (χ0) is 16.3. The van der Waals surface area contributed by atoms with Crippen LogP contribution in [0.1, 0.15) is 41.6 Å². The molecule has 1 aliphatic carbocycles. The standard InChI is InChI=1S/C16H22N2O4/c1-11-9-12(7-8-14(11)18(21)22)16(20)17(2)10-13-5-3-4-6-15(13)19/h7-9,13,15,19H,3-6,10H2,1-2H3. The van der Waals surface area contributed by atoms with E-state index in [0.29, 0.717) is 17.7 Å². The first kappa shape index (κ1) is 16.4. The molecule has 1 amide bonds. The second kappa shape index (κ2) is 6.87. The van der Waals surface area contributed by atoms with Crippen LogP contribution in [0.25, 0.3) is 0 Å². The third-order valence-electron chi connectivity index (χ3n) is 4.36. The second-order valence-electron chi connectivity index (χ2n) is 6.06. The minimum atomic E-state index is -0.453. The zero-order valence-electron chi connectivity index (χ0n) is 13.0. The molecule has 1 aromatic rings. The summed E-state index contributed by atoms with van der Waals surface area (Å²) >= 11 is 0. The molecular weight excluding hydrogens is 284 g/mol. The van der Waals surface area contributed by atoms with Crippen LogP contribution < -0.4 is 0 Å². The Labute approximate surface area is 129 Å². The molecule has 6 nitrogen and oxygen atoms in total. The van der Waals surface area contributed by atoms with Crippen LogP contribution in [0.5, 0.6) is 0 Å². The van der Waals surface area contributed by atoms with Crippen molar-refractivity contribution in [1.29, 1.82) is 0 Å². The van der Waals surface area contributed by atoms with E-state index in [4.69, 9.17) is 0 Å². The van der Waals surface area contributed by atoms with E-state index in [1.54, 1.807) is 24.9 Å². The quantitative estimate of drug-likeness (QED) is 0.684. The number of amides is 1. The molecule has 0 bridgehead atoms. The van der Waals surface area contributed by atoms with Crippen LogP contribution in [0.3, 0.4) is 0 Å². The van der Waals surface area contributed by atoms with Gasteiger partial charge in [0.15, 0.2) is 0 Å². The van der Waals surface area contributed by atoms with Crippen molar-refractivity contribution in [1.82, 2.24) is 4.90 Å². The van der Waals surface area contributed by atoms with Gasteiger partial charge in [0, 0.05) is 36.7 Å². The largest absolute Gasteiger partial charge is 0.393 e. The lowest BCUT2D eigenvalue weighted by Gasteiger charge is -2.31. The number of nitro groups is 1. The second-order valence-corrected chi connectivity index (χ2v) is 6.06. The SMILES string of the molecule is Cc1cc(C(=O)N(C)CC2CCCCC2O)ccc1[N+](=O)[O-]. The van der Waals surface area contributed by atoms with Gasteiger partial charge in [-0.2, -0.15) is 0 Å². The van der Waals surface area contributed by atoms with Crippen molar-refractivity contribution in [3.8, 4) is 0 Å². The number of carbonyl (C=O) groups is 1. The van der Waals surface area contributed by atoms with Gasteiger partial charge in [-0.1, -0.05) is 12.8 Å². The average Bonchev–Trinajstić information content (AvgIpc) is 2.48. The third kappa shape index (κ3) is 3.62. The van der Waals surface area contributed by atoms with E-state index in [1.165, 1.54) is 12.1 Å². The molecule has 1 N–H and O–H groups in total. The highest BCUT2D eigenvalue weighted by atomic mass is 16.6. The number of nitro benzene ring substituents is 1. The van der Waals surface area contributed by atoms with Crippen LogP contribution in [0, 0.1) is 23.0 Å². The summed E-state index contributed by atoms with van der Waals surface area (Å²) in [6, 6.07) is 4.40. The Bertz CT molecular complexity index is 573. The Balaban J connectivity index is 2.07. The Hall–Kier alpha value is -1.95. The van der Waals surface area contributed by atoms with Crippen molar-refractivity contribution in [2.75, 3.05) is 13.6 Å². The summed E-state index contributed by atoms with van der Waals surface area (Å²) in [5.41, 5.74) is 0.930. The van der Waals surface area contributed by atoms with Crippen LogP contribution in [-0.4, -0.2) is 40.5 Å². The highest BCUT2D eigenvalue weighted by Crippen LogP contribution is 2.25. The number of rotatable bonds is 4. The molecule has 0 aromatic heterocycles. The molecule has 2 atom stereocenters. The van der Waals surface area contributed by atoms with Crippen LogP contribution in [-0.2, 0) is 0 Å². The maximum atomic E-state index is 12.4. The van der Waals surface area contributed by atoms with Crippen molar-refractivity contribution in [3.63, 3.8) is 0 Å². The van der Waals surface area contributed by atoms with E-state index in [2.05, 4.69) is 0 Å². The Morgan fingerprint density at radius 1 is 1.41 bits per heavy atom. The number of carbonyl (C=O) groups excluding carboxylic acids is 1. The predicted octanol–water partition coefficient (Wildman–Crippen LogP) is 2.53. The highest BCUT2D eigenvalue weighted by Gasteiger charge is 2.26. The van der Waals surface area contributed by atoms with E-state index in [9.17, 15) is 20.0 Å². The van der Waals surface area contributed by atoms with Crippen molar-refractivity contribution in [2.45, 2.75) is 38.7 Å². The van der Waals surface area contributed by atoms with Gasteiger partial charge >= 0.3 is 0 Å². The van der Waals surface area contributed by atoms with E-state index in [1.807, 2.05) is 0 Å². The molecule has 0 aliphatic heterocycles. The lowest BCUT2D eigenvalue weighted by atomic mass is 9.86. The summed E-state index contributed by atoms with van der Waals surface area (Å²) in [6.07, 6.45) is 3.50. The lowest BCUT2D eigenvalue weighted by molar-refractivity contribution is -0.385. The number of aliphatic hydroxyl groups excluding tert-OH is 1. The van der Waals surface area contributed by atoms with Gasteiger partial charge in [-0.15, -0.1) is 0 Å². The molecule has 120 valence electrons. The van der Waals surface area contributed by atoms with Crippen molar-refractivity contribution >= 4 is 11.6 Å². The topological polar surface area (TPSA) is 83.7 Å². The molecular formula is C16H22N2O4. The summed E-state index contributed by atoms with van der Waals surface area (Å²) in [4.78, 5) is 24.4. The molecule has 1 fully saturated rings. The van der Waals surface area contributed by atoms with E-state index in [-0.39, 0.29) is 23.6 Å². The molecule has 2 rings (SSSR count). The molecule has 0 spiro atoms. The number of aryl methyl sites for hydroxylation is 1. The first-order valence-corrected chi connectivity index (χ1v) is 7.58. The van der Waals surface area contributed by atoms with Gasteiger partial charge in [0.25, 0.3) is 11.6 Å². The monoisotopic (exact) mass is 306 g/mol. The summed E-state index contributed by atoms with van der Waals surface area (Å²) in [6.45, 7) is 2.13. The van der Waals surface area contributed by atoms with Gasteiger partial charge in [0.1, 0.15) is 0 Å². The smallest absolute Gasteiger partial charge is 0.272 e. The summed E-state index contributed by atoms with van der Waals surface area (Å²) in [5, 5.41) is 20.8. The van der Waals surface area contributed by atoms with Gasteiger partial charge in [-0.3, -0.25) is 14.9 Å². The minimum Gasteiger partial charge on any atom is -0.393 e. The molecule has 22 heavy (non-hydrogen) atoms. The number of nitrogens with zero attached hydrogens (tertiary/aromatic N) is 2. The molecule has 0 saturated heterocycles. The fraction of sp³-hybridized carbons (Fsp3) is 0.562. The van der Waals surface area contributed by atoms with Gasteiger partial charge in [-0.05, 0) is 31.9 Å². The van der Waals surface area contributed by atoms with E-state index < -0.39 is 4.92 Å². The lowest BCUT2D eigenvalue weighted by Crippen LogP contribution is -2.38. The number of benzene rings is 1. The van der Waals surface area contributed by atoms with E-state index in [0.717, 1.165) is 25.7 Å². The number of aliphatic hydroxyl groups is 1. The maximum absolute atomic E-state index is 12.4. The van der Waals surface area contributed by atoms with Gasteiger partial charge < -0.3 is 10.0 Å². The fourth-order valence-corrected chi connectivity index (χ4v) is 3.05. The molecule has 0 radical (unpaired) electrons. The Morgan fingerprint density at radius 3 is 2.68 bits per heavy atom.